The Morgan fingerprint density at radius 1 is 1.21 bits per heavy atom. The summed E-state index contributed by atoms with van der Waals surface area (Å²) >= 11 is 0. The van der Waals surface area contributed by atoms with Crippen molar-refractivity contribution in [3.63, 3.8) is 0 Å². The predicted octanol–water partition coefficient (Wildman–Crippen LogP) is 3.10. The summed E-state index contributed by atoms with van der Waals surface area (Å²) in [5.74, 6) is -0.921. The first-order valence-electron chi connectivity index (χ1n) is 6.40. The first-order chi connectivity index (χ1) is 8.47. The number of aliphatic carboxylic acids is 1. The molecule has 2 N–H and O–H groups in total. The van der Waals surface area contributed by atoms with Crippen molar-refractivity contribution in [3.05, 3.63) is 11.6 Å². The number of hydrogen-bond acceptors (Lipinski definition) is 3. The standard InChI is InChI=1S/C14H25NO4/c1-7-10(11(16)17)8-9-14(5,6)15-12(18)19-13(2,3)4/h8H,7,9H2,1-6H3,(H,15,18)(H,16,17)/b10-8+. The van der Waals surface area contributed by atoms with Gasteiger partial charge in [0.2, 0.25) is 0 Å². The third-order valence-electron chi connectivity index (χ3n) is 2.35. The normalized spacial score (nSPS) is 13.1. The second-order valence-electron chi connectivity index (χ2n) is 6.10. The van der Waals surface area contributed by atoms with Gasteiger partial charge in [-0.1, -0.05) is 13.0 Å². The van der Waals surface area contributed by atoms with E-state index in [4.69, 9.17) is 9.84 Å². The fourth-order valence-corrected chi connectivity index (χ4v) is 1.39. The fraction of sp³-hybridized carbons (Fsp3) is 0.714. The van der Waals surface area contributed by atoms with Crippen LogP contribution in [0.4, 0.5) is 4.79 Å². The summed E-state index contributed by atoms with van der Waals surface area (Å²) in [5, 5.41) is 11.7. The fourth-order valence-electron chi connectivity index (χ4n) is 1.39. The van der Waals surface area contributed by atoms with E-state index in [-0.39, 0.29) is 0 Å². The molecule has 0 aromatic rings. The Labute approximate surface area is 115 Å². The maximum Gasteiger partial charge on any atom is 0.408 e. The number of alkyl carbamates (subject to hydrolysis) is 1. The van der Waals surface area contributed by atoms with E-state index in [9.17, 15) is 9.59 Å². The first-order valence-corrected chi connectivity index (χ1v) is 6.40. The molecule has 0 bridgehead atoms. The molecule has 0 aromatic heterocycles. The smallest absolute Gasteiger partial charge is 0.408 e. The molecular weight excluding hydrogens is 246 g/mol. The van der Waals surface area contributed by atoms with Gasteiger partial charge in [-0.15, -0.1) is 0 Å². The number of carboxylic acids is 1. The lowest BCUT2D eigenvalue weighted by Crippen LogP contribution is -2.45. The summed E-state index contributed by atoms with van der Waals surface area (Å²) in [6.45, 7) is 10.8. The van der Waals surface area contributed by atoms with Gasteiger partial charge in [-0.05, 0) is 47.5 Å². The minimum Gasteiger partial charge on any atom is -0.478 e. The van der Waals surface area contributed by atoms with E-state index in [1.54, 1.807) is 33.8 Å². The molecular formula is C14H25NO4. The highest BCUT2D eigenvalue weighted by Crippen LogP contribution is 2.15. The summed E-state index contributed by atoms with van der Waals surface area (Å²) in [6.07, 6.45) is 2.03. The molecule has 1 amide bonds. The number of nitrogens with one attached hydrogen (secondary N) is 1. The molecule has 0 aliphatic heterocycles. The summed E-state index contributed by atoms with van der Waals surface area (Å²) in [6, 6.07) is 0. The molecule has 0 saturated carbocycles. The quantitative estimate of drug-likeness (QED) is 0.753. The first kappa shape index (κ1) is 17.5. The zero-order valence-corrected chi connectivity index (χ0v) is 12.7. The number of amides is 1. The van der Waals surface area contributed by atoms with Crippen molar-refractivity contribution >= 4 is 12.1 Å². The lowest BCUT2D eigenvalue weighted by molar-refractivity contribution is -0.132. The van der Waals surface area contributed by atoms with Crippen molar-refractivity contribution in [2.75, 3.05) is 0 Å². The topological polar surface area (TPSA) is 75.6 Å². The molecule has 0 fully saturated rings. The van der Waals surface area contributed by atoms with Crippen molar-refractivity contribution in [1.82, 2.24) is 5.32 Å². The average Bonchev–Trinajstić information content (AvgIpc) is 2.13. The highest BCUT2D eigenvalue weighted by atomic mass is 16.6. The van der Waals surface area contributed by atoms with Crippen molar-refractivity contribution in [2.45, 2.75) is 65.5 Å². The molecule has 19 heavy (non-hydrogen) atoms. The molecule has 0 radical (unpaired) electrons. The minimum absolute atomic E-state index is 0.346. The lowest BCUT2D eigenvalue weighted by Gasteiger charge is -2.27. The van der Waals surface area contributed by atoms with Crippen LogP contribution in [0.1, 0.15) is 54.4 Å². The van der Waals surface area contributed by atoms with E-state index >= 15 is 0 Å². The molecule has 0 atom stereocenters. The van der Waals surface area contributed by atoms with Gasteiger partial charge in [-0.2, -0.15) is 0 Å². The Balaban J connectivity index is 4.56. The molecule has 0 heterocycles. The van der Waals surface area contributed by atoms with Crippen LogP contribution in [0.25, 0.3) is 0 Å². The van der Waals surface area contributed by atoms with Gasteiger partial charge in [0.05, 0.1) is 0 Å². The van der Waals surface area contributed by atoms with E-state index in [1.807, 2.05) is 13.8 Å². The molecule has 0 aliphatic rings. The third kappa shape index (κ3) is 8.24. The number of ether oxygens (including phenoxy) is 1. The van der Waals surface area contributed by atoms with Gasteiger partial charge in [-0.25, -0.2) is 9.59 Å². The molecule has 5 heteroatoms. The van der Waals surface area contributed by atoms with Gasteiger partial charge in [0.25, 0.3) is 0 Å². The van der Waals surface area contributed by atoms with Crippen LogP contribution in [0.5, 0.6) is 0 Å². The van der Waals surface area contributed by atoms with Crippen LogP contribution in [-0.2, 0) is 9.53 Å². The Hall–Kier alpha value is -1.52. The van der Waals surface area contributed by atoms with Crippen LogP contribution in [0.2, 0.25) is 0 Å². The Morgan fingerprint density at radius 2 is 1.74 bits per heavy atom. The second kappa shape index (κ2) is 6.59. The zero-order valence-electron chi connectivity index (χ0n) is 12.7. The van der Waals surface area contributed by atoms with E-state index in [2.05, 4.69) is 5.32 Å². The summed E-state index contributed by atoms with van der Waals surface area (Å²) < 4.78 is 5.17. The predicted molar refractivity (Wildman–Crippen MR) is 74.1 cm³/mol. The molecule has 0 saturated heterocycles. The van der Waals surface area contributed by atoms with Crippen molar-refractivity contribution in [2.24, 2.45) is 0 Å². The van der Waals surface area contributed by atoms with Crippen LogP contribution in [0, 0.1) is 0 Å². The molecule has 110 valence electrons. The maximum absolute atomic E-state index is 11.7. The minimum atomic E-state index is -0.921. The summed E-state index contributed by atoms with van der Waals surface area (Å²) in [7, 11) is 0. The molecule has 0 unspecified atom stereocenters. The number of rotatable bonds is 5. The van der Waals surface area contributed by atoms with Gasteiger partial charge in [0.15, 0.2) is 0 Å². The van der Waals surface area contributed by atoms with E-state index in [0.29, 0.717) is 18.4 Å². The van der Waals surface area contributed by atoms with Crippen molar-refractivity contribution in [3.8, 4) is 0 Å². The number of hydrogen-bond donors (Lipinski definition) is 2. The Morgan fingerprint density at radius 3 is 2.11 bits per heavy atom. The monoisotopic (exact) mass is 271 g/mol. The van der Waals surface area contributed by atoms with Gasteiger partial charge in [0, 0.05) is 11.1 Å². The molecule has 0 aromatic carbocycles. The van der Waals surface area contributed by atoms with Crippen LogP contribution < -0.4 is 5.32 Å². The third-order valence-corrected chi connectivity index (χ3v) is 2.35. The van der Waals surface area contributed by atoms with Gasteiger partial charge < -0.3 is 15.2 Å². The van der Waals surface area contributed by atoms with Crippen LogP contribution >= 0.6 is 0 Å². The van der Waals surface area contributed by atoms with Gasteiger partial charge in [-0.3, -0.25) is 0 Å². The molecule has 0 rings (SSSR count). The van der Waals surface area contributed by atoms with E-state index in [0.717, 1.165) is 0 Å². The second-order valence-corrected chi connectivity index (χ2v) is 6.10. The SMILES string of the molecule is CC/C(=C\CC(C)(C)NC(=O)OC(C)(C)C)C(=O)O. The summed E-state index contributed by atoms with van der Waals surface area (Å²) in [4.78, 5) is 22.5. The van der Waals surface area contributed by atoms with Crippen LogP contribution in [0.15, 0.2) is 11.6 Å². The van der Waals surface area contributed by atoms with Crippen molar-refractivity contribution < 1.29 is 19.4 Å². The number of carboxylic acid groups (broad SMARTS) is 1. The number of carbonyl (C=O) groups excluding carboxylic acids is 1. The van der Waals surface area contributed by atoms with Crippen LogP contribution in [-0.4, -0.2) is 28.3 Å². The lowest BCUT2D eigenvalue weighted by atomic mass is 9.98. The Bertz CT molecular complexity index is 364. The molecule has 0 aliphatic carbocycles. The average molecular weight is 271 g/mol. The van der Waals surface area contributed by atoms with E-state index < -0.39 is 23.2 Å². The van der Waals surface area contributed by atoms with Gasteiger partial charge >= 0.3 is 12.1 Å². The molecule has 0 spiro atoms. The number of carbonyl (C=O) groups is 2. The Kier molecular flexibility index (Phi) is 6.06. The van der Waals surface area contributed by atoms with Crippen LogP contribution in [0.3, 0.4) is 0 Å². The van der Waals surface area contributed by atoms with Crippen molar-refractivity contribution in [1.29, 1.82) is 0 Å². The zero-order chi connectivity index (χ0) is 15.3. The van der Waals surface area contributed by atoms with E-state index in [1.165, 1.54) is 0 Å². The highest BCUT2D eigenvalue weighted by Gasteiger charge is 2.24. The molecule has 5 nitrogen and oxygen atoms in total. The highest BCUT2D eigenvalue weighted by molar-refractivity contribution is 5.86. The van der Waals surface area contributed by atoms with Gasteiger partial charge in [0.1, 0.15) is 5.60 Å². The maximum atomic E-state index is 11.7. The summed E-state index contributed by atoms with van der Waals surface area (Å²) in [5.41, 5.74) is -0.761. The largest absolute Gasteiger partial charge is 0.478 e.